The molecule has 0 radical (unpaired) electrons. The minimum absolute atomic E-state index is 0.226. The van der Waals surface area contributed by atoms with Gasteiger partial charge >= 0.3 is 0 Å². The molecule has 6 nitrogen and oxygen atoms in total. The Morgan fingerprint density at radius 1 is 1.07 bits per heavy atom. The number of hydrogen-bond acceptors (Lipinski definition) is 2. The molecule has 0 aliphatic rings. The van der Waals surface area contributed by atoms with E-state index in [0.29, 0.717) is 0 Å². The van der Waals surface area contributed by atoms with E-state index in [1.807, 2.05) is 36.5 Å². The standard InChI is InChI=1S/C22H25FN6/c1-24-22(25-11-4-7-21-28-18-5-2-3-6-19(18)29-21)26-12-10-15-14-27-20-13-16(23)8-9-17(15)20/h2-3,5-6,8-9,13-14,27H,4,7,10-12H2,1H3,(H,28,29)(H2,24,25,26). The van der Waals surface area contributed by atoms with Crippen LogP contribution in [0.1, 0.15) is 17.8 Å². The maximum atomic E-state index is 13.3. The molecule has 0 bridgehead atoms. The number of hydrogen-bond donors (Lipinski definition) is 4. The maximum Gasteiger partial charge on any atom is 0.190 e. The van der Waals surface area contributed by atoms with Gasteiger partial charge in [-0.05, 0) is 48.7 Å². The monoisotopic (exact) mass is 392 g/mol. The predicted octanol–water partition coefficient (Wildman–Crippen LogP) is 3.52. The highest BCUT2D eigenvalue weighted by Gasteiger charge is 2.06. The van der Waals surface area contributed by atoms with Crippen LogP contribution in [0.2, 0.25) is 0 Å². The summed E-state index contributed by atoms with van der Waals surface area (Å²) >= 11 is 0. The number of benzene rings is 2. The number of guanidine groups is 1. The first-order valence-corrected chi connectivity index (χ1v) is 9.86. The highest BCUT2D eigenvalue weighted by atomic mass is 19.1. The molecule has 0 aliphatic heterocycles. The van der Waals surface area contributed by atoms with Gasteiger partial charge in [-0.3, -0.25) is 4.99 Å². The molecule has 150 valence electrons. The second-order valence-electron chi connectivity index (χ2n) is 6.98. The van der Waals surface area contributed by atoms with Crippen molar-refractivity contribution in [1.82, 2.24) is 25.6 Å². The van der Waals surface area contributed by atoms with E-state index >= 15 is 0 Å². The van der Waals surface area contributed by atoms with Crippen LogP contribution in [0, 0.1) is 5.82 Å². The van der Waals surface area contributed by atoms with Crippen molar-refractivity contribution in [1.29, 1.82) is 0 Å². The minimum Gasteiger partial charge on any atom is -0.361 e. The van der Waals surface area contributed by atoms with Crippen LogP contribution < -0.4 is 10.6 Å². The Kier molecular flexibility index (Phi) is 5.74. The molecule has 0 saturated heterocycles. The summed E-state index contributed by atoms with van der Waals surface area (Å²) in [5, 5.41) is 7.73. The Morgan fingerprint density at radius 3 is 2.79 bits per heavy atom. The van der Waals surface area contributed by atoms with Crippen molar-refractivity contribution < 1.29 is 4.39 Å². The van der Waals surface area contributed by atoms with E-state index in [1.165, 1.54) is 12.1 Å². The summed E-state index contributed by atoms with van der Waals surface area (Å²) in [5.41, 5.74) is 4.07. The summed E-state index contributed by atoms with van der Waals surface area (Å²) in [6.45, 7) is 1.55. The molecule has 2 heterocycles. The van der Waals surface area contributed by atoms with Gasteiger partial charge in [0.2, 0.25) is 0 Å². The summed E-state index contributed by atoms with van der Waals surface area (Å²) in [6, 6.07) is 12.9. The first kappa shape index (κ1) is 19.0. The average Bonchev–Trinajstić information content (AvgIpc) is 3.33. The van der Waals surface area contributed by atoms with Gasteiger partial charge in [0.25, 0.3) is 0 Å². The van der Waals surface area contributed by atoms with Gasteiger partial charge in [0.15, 0.2) is 5.96 Å². The second-order valence-corrected chi connectivity index (χ2v) is 6.98. The van der Waals surface area contributed by atoms with Crippen LogP contribution in [-0.4, -0.2) is 41.0 Å². The fourth-order valence-corrected chi connectivity index (χ4v) is 3.49. The predicted molar refractivity (Wildman–Crippen MR) is 116 cm³/mol. The van der Waals surface area contributed by atoms with E-state index in [1.54, 1.807) is 7.05 Å². The summed E-state index contributed by atoms with van der Waals surface area (Å²) in [5.74, 6) is 1.56. The smallest absolute Gasteiger partial charge is 0.190 e. The number of imidazole rings is 1. The molecule has 0 unspecified atom stereocenters. The third kappa shape index (κ3) is 4.56. The average molecular weight is 392 g/mol. The van der Waals surface area contributed by atoms with Crippen LogP contribution in [0.15, 0.2) is 53.7 Å². The Balaban J connectivity index is 1.21. The van der Waals surface area contributed by atoms with E-state index in [-0.39, 0.29) is 5.82 Å². The lowest BCUT2D eigenvalue weighted by atomic mass is 10.1. The van der Waals surface area contributed by atoms with Gasteiger partial charge in [-0.1, -0.05) is 12.1 Å². The number of fused-ring (bicyclic) bond motifs is 2. The van der Waals surface area contributed by atoms with Crippen molar-refractivity contribution in [3.63, 3.8) is 0 Å². The van der Waals surface area contributed by atoms with Crippen LogP contribution in [0.3, 0.4) is 0 Å². The Bertz CT molecular complexity index is 1090. The Labute approximate surface area is 168 Å². The van der Waals surface area contributed by atoms with Crippen molar-refractivity contribution in [2.75, 3.05) is 20.1 Å². The number of halogens is 1. The maximum absolute atomic E-state index is 13.3. The first-order valence-electron chi connectivity index (χ1n) is 9.86. The Morgan fingerprint density at radius 2 is 1.93 bits per heavy atom. The summed E-state index contributed by atoms with van der Waals surface area (Å²) < 4.78 is 13.3. The zero-order valence-electron chi connectivity index (χ0n) is 16.4. The number of nitrogens with zero attached hydrogens (tertiary/aromatic N) is 2. The van der Waals surface area contributed by atoms with Gasteiger partial charge < -0.3 is 20.6 Å². The SMILES string of the molecule is CN=C(NCCCc1nc2ccccc2[nH]1)NCCc1c[nH]c2cc(F)ccc12. The van der Waals surface area contributed by atoms with E-state index in [2.05, 4.69) is 30.6 Å². The molecular weight excluding hydrogens is 367 g/mol. The van der Waals surface area contributed by atoms with Gasteiger partial charge in [-0.15, -0.1) is 0 Å². The molecule has 2 aromatic carbocycles. The molecule has 29 heavy (non-hydrogen) atoms. The molecule has 0 atom stereocenters. The third-order valence-electron chi connectivity index (χ3n) is 4.96. The number of aromatic nitrogens is 3. The lowest BCUT2D eigenvalue weighted by Gasteiger charge is -2.11. The van der Waals surface area contributed by atoms with E-state index in [0.717, 1.165) is 71.6 Å². The molecule has 0 spiro atoms. The molecule has 2 aromatic heterocycles. The molecule has 0 aliphatic carbocycles. The quantitative estimate of drug-likeness (QED) is 0.221. The summed E-state index contributed by atoms with van der Waals surface area (Å²) in [6.07, 6.45) is 4.60. The number of aryl methyl sites for hydroxylation is 1. The number of aromatic amines is 2. The van der Waals surface area contributed by atoms with Gasteiger partial charge in [0.1, 0.15) is 11.6 Å². The van der Waals surface area contributed by atoms with Crippen molar-refractivity contribution >= 4 is 27.9 Å². The topological polar surface area (TPSA) is 80.9 Å². The van der Waals surface area contributed by atoms with E-state index < -0.39 is 0 Å². The van der Waals surface area contributed by atoms with E-state index in [4.69, 9.17) is 0 Å². The number of rotatable bonds is 7. The third-order valence-corrected chi connectivity index (χ3v) is 4.96. The molecule has 4 aromatic rings. The fraction of sp³-hybridized carbons (Fsp3) is 0.273. The summed E-state index contributed by atoms with van der Waals surface area (Å²) in [7, 11) is 1.77. The van der Waals surface area contributed by atoms with Crippen LogP contribution in [0.4, 0.5) is 4.39 Å². The molecule has 4 rings (SSSR count). The van der Waals surface area contributed by atoms with Crippen LogP contribution in [0.25, 0.3) is 21.9 Å². The number of nitrogens with one attached hydrogen (secondary N) is 4. The molecule has 0 amide bonds. The number of aliphatic imine (C=N–C) groups is 1. The highest BCUT2D eigenvalue weighted by Crippen LogP contribution is 2.19. The van der Waals surface area contributed by atoms with Gasteiger partial charge in [-0.25, -0.2) is 9.37 Å². The second kappa shape index (κ2) is 8.77. The van der Waals surface area contributed by atoms with Crippen molar-refractivity contribution in [3.8, 4) is 0 Å². The highest BCUT2D eigenvalue weighted by molar-refractivity contribution is 5.83. The minimum atomic E-state index is -0.226. The number of para-hydroxylation sites is 2. The number of H-pyrrole nitrogens is 2. The molecule has 0 fully saturated rings. The lowest BCUT2D eigenvalue weighted by molar-refractivity contribution is 0.629. The molecule has 7 heteroatoms. The molecular formula is C22H25FN6. The lowest BCUT2D eigenvalue weighted by Crippen LogP contribution is -2.38. The van der Waals surface area contributed by atoms with E-state index in [9.17, 15) is 4.39 Å². The van der Waals surface area contributed by atoms with Gasteiger partial charge in [0, 0.05) is 43.7 Å². The Hall–Kier alpha value is -3.35. The zero-order chi connectivity index (χ0) is 20.1. The van der Waals surface area contributed by atoms with Crippen molar-refractivity contribution in [2.24, 2.45) is 4.99 Å². The van der Waals surface area contributed by atoms with Gasteiger partial charge in [-0.2, -0.15) is 0 Å². The largest absolute Gasteiger partial charge is 0.361 e. The first-order chi connectivity index (χ1) is 14.2. The van der Waals surface area contributed by atoms with Crippen molar-refractivity contribution in [2.45, 2.75) is 19.3 Å². The van der Waals surface area contributed by atoms with Gasteiger partial charge in [0.05, 0.1) is 11.0 Å². The van der Waals surface area contributed by atoms with Crippen LogP contribution in [0.5, 0.6) is 0 Å². The zero-order valence-corrected chi connectivity index (χ0v) is 16.4. The molecule has 4 N–H and O–H groups in total. The van der Waals surface area contributed by atoms with Crippen molar-refractivity contribution in [3.05, 3.63) is 65.9 Å². The fourth-order valence-electron chi connectivity index (χ4n) is 3.49. The van der Waals surface area contributed by atoms with Crippen LogP contribution >= 0.6 is 0 Å². The molecule has 0 saturated carbocycles. The summed E-state index contributed by atoms with van der Waals surface area (Å²) in [4.78, 5) is 15.4. The van der Waals surface area contributed by atoms with Crippen LogP contribution in [-0.2, 0) is 12.8 Å². The normalized spacial score (nSPS) is 12.0.